The van der Waals surface area contributed by atoms with E-state index in [0.29, 0.717) is 0 Å². The number of hydrogen-bond acceptors (Lipinski definition) is 7. The zero-order chi connectivity index (χ0) is 16.2. The van der Waals surface area contributed by atoms with Crippen LogP contribution in [-0.4, -0.2) is 73.6 Å². The standard InChI is InChI=1S/C15H24N4O3/c1-15(2)11-19(9-10-22-15)8-7-18(3)13-6-5-12(16-17-13)14(20)21-4/h5-6H,7-11H2,1-4H3. The number of aromatic nitrogens is 2. The summed E-state index contributed by atoms with van der Waals surface area (Å²) in [4.78, 5) is 15.7. The topological polar surface area (TPSA) is 67.8 Å². The zero-order valence-electron chi connectivity index (χ0n) is 13.7. The molecule has 1 aromatic heterocycles. The molecule has 0 radical (unpaired) electrons. The fourth-order valence-corrected chi connectivity index (χ4v) is 2.45. The molecule has 0 spiro atoms. The van der Waals surface area contributed by atoms with Gasteiger partial charge in [0.1, 0.15) is 0 Å². The number of anilines is 1. The van der Waals surface area contributed by atoms with E-state index in [1.165, 1.54) is 7.11 Å². The maximum absolute atomic E-state index is 11.3. The number of carbonyl (C=O) groups excluding carboxylic acids is 1. The van der Waals surface area contributed by atoms with E-state index in [1.54, 1.807) is 12.1 Å². The SMILES string of the molecule is COC(=O)c1ccc(N(C)CCN2CCOC(C)(C)C2)nn1. The maximum Gasteiger partial charge on any atom is 0.358 e. The Morgan fingerprint density at radius 3 is 2.82 bits per heavy atom. The molecule has 2 rings (SSSR count). The molecule has 0 aromatic carbocycles. The van der Waals surface area contributed by atoms with Gasteiger partial charge in [0.25, 0.3) is 0 Å². The van der Waals surface area contributed by atoms with Gasteiger partial charge in [-0.15, -0.1) is 10.2 Å². The summed E-state index contributed by atoms with van der Waals surface area (Å²) in [5, 5.41) is 7.96. The Labute approximate surface area is 131 Å². The second kappa shape index (κ2) is 7.02. The van der Waals surface area contributed by atoms with Crippen molar-refractivity contribution in [1.29, 1.82) is 0 Å². The van der Waals surface area contributed by atoms with Crippen molar-refractivity contribution >= 4 is 11.8 Å². The van der Waals surface area contributed by atoms with Crippen LogP contribution in [-0.2, 0) is 9.47 Å². The molecule has 1 aliphatic rings. The lowest BCUT2D eigenvalue weighted by Gasteiger charge is -2.38. The third kappa shape index (κ3) is 4.38. The smallest absolute Gasteiger partial charge is 0.358 e. The highest BCUT2D eigenvalue weighted by atomic mass is 16.5. The summed E-state index contributed by atoms with van der Waals surface area (Å²) in [6, 6.07) is 3.41. The monoisotopic (exact) mass is 308 g/mol. The molecule has 0 N–H and O–H groups in total. The molecule has 1 aromatic rings. The molecule has 1 fully saturated rings. The lowest BCUT2D eigenvalue weighted by molar-refractivity contribution is -0.0850. The number of methoxy groups -OCH3 is 1. The van der Waals surface area contributed by atoms with Crippen LogP contribution >= 0.6 is 0 Å². The van der Waals surface area contributed by atoms with E-state index >= 15 is 0 Å². The molecule has 1 aliphatic heterocycles. The van der Waals surface area contributed by atoms with Crippen LogP contribution in [0.5, 0.6) is 0 Å². The highest BCUT2D eigenvalue weighted by molar-refractivity contribution is 5.86. The van der Waals surface area contributed by atoms with Crippen molar-refractivity contribution in [3.05, 3.63) is 17.8 Å². The van der Waals surface area contributed by atoms with Crippen LogP contribution in [0, 0.1) is 0 Å². The van der Waals surface area contributed by atoms with Gasteiger partial charge in [-0.1, -0.05) is 0 Å². The molecule has 0 saturated carbocycles. The van der Waals surface area contributed by atoms with Crippen molar-refractivity contribution in [2.45, 2.75) is 19.4 Å². The Bertz CT molecular complexity index is 504. The van der Waals surface area contributed by atoms with Gasteiger partial charge in [0.15, 0.2) is 11.5 Å². The zero-order valence-corrected chi connectivity index (χ0v) is 13.7. The first-order chi connectivity index (χ1) is 10.4. The highest BCUT2D eigenvalue weighted by Crippen LogP contribution is 2.16. The van der Waals surface area contributed by atoms with Gasteiger partial charge in [-0.3, -0.25) is 4.90 Å². The summed E-state index contributed by atoms with van der Waals surface area (Å²) in [7, 11) is 3.29. The first-order valence-electron chi connectivity index (χ1n) is 7.41. The third-order valence-corrected chi connectivity index (χ3v) is 3.69. The van der Waals surface area contributed by atoms with Crippen LogP contribution < -0.4 is 4.90 Å². The number of carbonyl (C=O) groups is 1. The van der Waals surface area contributed by atoms with Crippen molar-refractivity contribution in [1.82, 2.24) is 15.1 Å². The number of ether oxygens (including phenoxy) is 2. The van der Waals surface area contributed by atoms with Crippen LogP contribution in [0.4, 0.5) is 5.82 Å². The number of esters is 1. The summed E-state index contributed by atoms with van der Waals surface area (Å²) >= 11 is 0. The second-order valence-corrected chi connectivity index (χ2v) is 6.07. The fraction of sp³-hybridized carbons (Fsp3) is 0.667. The largest absolute Gasteiger partial charge is 0.464 e. The van der Waals surface area contributed by atoms with E-state index in [-0.39, 0.29) is 11.3 Å². The molecular formula is C15H24N4O3. The van der Waals surface area contributed by atoms with E-state index in [4.69, 9.17) is 4.74 Å². The number of morpholine rings is 1. The second-order valence-electron chi connectivity index (χ2n) is 6.07. The minimum atomic E-state index is -0.475. The van der Waals surface area contributed by atoms with Gasteiger partial charge < -0.3 is 14.4 Å². The Morgan fingerprint density at radius 1 is 1.45 bits per heavy atom. The predicted octanol–water partition coefficient (Wildman–Crippen LogP) is 0.810. The molecule has 7 nitrogen and oxygen atoms in total. The van der Waals surface area contributed by atoms with Gasteiger partial charge >= 0.3 is 5.97 Å². The van der Waals surface area contributed by atoms with Gasteiger partial charge in [0.05, 0.1) is 19.3 Å². The van der Waals surface area contributed by atoms with Crippen molar-refractivity contribution < 1.29 is 14.3 Å². The first-order valence-corrected chi connectivity index (χ1v) is 7.41. The lowest BCUT2D eigenvalue weighted by atomic mass is 10.1. The Hall–Kier alpha value is -1.73. The molecule has 7 heteroatoms. The fourth-order valence-electron chi connectivity index (χ4n) is 2.45. The molecule has 122 valence electrons. The van der Waals surface area contributed by atoms with Crippen LogP contribution in [0.2, 0.25) is 0 Å². The average Bonchev–Trinajstić information content (AvgIpc) is 2.51. The summed E-state index contributed by atoms with van der Waals surface area (Å²) < 4.78 is 10.3. The summed E-state index contributed by atoms with van der Waals surface area (Å²) in [6.45, 7) is 8.63. The predicted molar refractivity (Wildman–Crippen MR) is 83.1 cm³/mol. The van der Waals surface area contributed by atoms with Crippen LogP contribution in [0.1, 0.15) is 24.3 Å². The number of hydrogen-bond donors (Lipinski definition) is 0. The molecule has 1 saturated heterocycles. The van der Waals surface area contributed by atoms with Gasteiger partial charge in [-0.05, 0) is 26.0 Å². The maximum atomic E-state index is 11.3. The molecule has 0 bridgehead atoms. The van der Waals surface area contributed by atoms with E-state index in [2.05, 4.69) is 33.7 Å². The minimum Gasteiger partial charge on any atom is -0.464 e. The van der Waals surface area contributed by atoms with Crippen LogP contribution in [0.3, 0.4) is 0 Å². The average molecular weight is 308 g/mol. The van der Waals surface area contributed by atoms with Crippen molar-refractivity contribution in [2.24, 2.45) is 0 Å². The minimum absolute atomic E-state index is 0.0845. The first kappa shape index (κ1) is 16.6. The molecule has 0 amide bonds. The molecule has 0 atom stereocenters. The molecular weight excluding hydrogens is 284 g/mol. The van der Waals surface area contributed by atoms with E-state index in [1.807, 2.05) is 11.9 Å². The van der Waals surface area contributed by atoms with Gasteiger partial charge in [0.2, 0.25) is 0 Å². The molecule has 0 unspecified atom stereocenters. The summed E-state index contributed by atoms with van der Waals surface area (Å²) in [5.74, 6) is 0.262. The Balaban J connectivity index is 1.86. The Kier molecular flexibility index (Phi) is 5.31. The summed E-state index contributed by atoms with van der Waals surface area (Å²) in [5.41, 5.74) is 0.133. The van der Waals surface area contributed by atoms with Crippen molar-refractivity contribution in [3.8, 4) is 0 Å². The lowest BCUT2D eigenvalue weighted by Crippen LogP contribution is -2.50. The van der Waals surface area contributed by atoms with Crippen LogP contribution in [0.15, 0.2) is 12.1 Å². The van der Waals surface area contributed by atoms with Gasteiger partial charge in [-0.25, -0.2) is 4.79 Å². The van der Waals surface area contributed by atoms with Crippen LogP contribution in [0.25, 0.3) is 0 Å². The van der Waals surface area contributed by atoms with Gasteiger partial charge in [-0.2, -0.15) is 0 Å². The van der Waals surface area contributed by atoms with Crippen molar-refractivity contribution in [3.63, 3.8) is 0 Å². The highest BCUT2D eigenvalue weighted by Gasteiger charge is 2.26. The number of nitrogens with zero attached hydrogens (tertiary/aromatic N) is 4. The normalized spacial score (nSPS) is 18.0. The van der Waals surface area contributed by atoms with Gasteiger partial charge in [0, 0.05) is 33.2 Å². The summed E-state index contributed by atoms with van der Waals surface area (Å²) in [6.07, 6.45) is 0. The van der Waals surface area contributed by atoms with Crippen molar-refractivity contribution in [2.75, 3.05) is 51.8 Å². The molecule has 2 heterocycles. The van der Waals surface area contributed by atoms with E-state index in [0.717, 1.165) is 38.6 Å². The molecule has 0 aliphatic carbocycles. The Morgan fingerprint density at radius 2 is 2.23 bits per heavy atom. The number of rotatable bonds is 5. The quantitative estimate of drug-likeness (QED) is 0.746. The third-order valence-electron chi connectivity index (χ3n) is 3.69. The van der Waals surface area contributed by atoms with E-state index in [9.17, 15) is 4.79 Å². The van der Waals surface area contributed by atoms with E-state index < -0.39 is 5.97 Å². The molecule has 22 heavy (non-hydrogen) atoms. The number of likely N-dealkylation sites (N-methyl/N-ethyl adjacent to an activating group) is 1.